The lowest BCUT2D eigenvalue weighted by Gasteiger charge is -2.31. The molecule has 0 aromatic heterocycles. The molecule has 1 aliphatic rings. The molecule has 2 aromatic rings. The summed E-state index contributed by atoms with van der Waals surface area (Å²) in [6, 6.07) is 12.1. The third-order valence-corrected chi connectivity index (χ3v) is 3.35. The van der Waals surface area contributed by atoms with E-state index >= 15 is 0 Å². The van der Waals surface area contributed by atoms with E-state index in [2.05, 4.69) is 5.32 Å². The lowest BCUT2D eigenvalue weighted by Crippen LogP contribution is -2.35. The molecule has 6 nitrogen and oxygen atoms in total. The van der Waals surface area contributed by atoms with Crippen molar-refractivity contribution in [2.24, 2.45) is 0 Å². The Morgan fingerprint density at radius 1 is 1.24 bits per heavy atom. The Hall–Kier alpha value is -3.02. The number of nitrogen functional groups attached to an aromatic ring is 1. The average molecular weight is 283 g/mol. The van der Waals surface area contributed by atoms with Gasteiger partial charge in [0.2, 0.25) is 5.91 Å². The third-order valence-electron chi connectivity index (χ3n) is 3.35. The summed E-state index contributed by atoms with van der Waals surface area (Å²) >= 11 is 0. The van der Waals surface area contributed by atoms with Gasteiger partial charge in [0.05, 0.1) is 16.9 Å². The van der Waals surface area contributed by atoms with Gasteiger partial charge in [-0.05, 0) is 30.3 Å². The molecule has 0 fully saturated rings. The summed E-state index contributed by atoms with van der Waals surface area (Å²) in [5, 5.41) is 11.9. The van der Waals surface area contributed by atoms with Crippen molar-refractivity contribution < 1.29 is 14.7 Å². The molecule has 0 unspecified atom stereocenters. The van der Waals surface area contributed by atoms with E-state index in [4.69, 9.17) is 10.8 Å². The van der Waals surface area contributed by atoms with E-state index < -0.39 is 5.97 Å². The Bertz CT molecular complexity index is 743. The summed E-state index contributed by atoms with van der Waals surface area (Å²) < 4.78 is 0. The molecule has 0 saturated heterocycles. The summed E-state index contributed by atoms with van der Waals surface area (Å²) in [6.07, 6.45) is 0. The molecular formula is C15H13N3O3. The third kappa shape index (κ3) is 2.27. The second-order valence-electron chi connectivity index (χ2n) is 4.73. The fraction of sp³-hybridized carbons (Fsp3) is 0.0667. The van der Waals surface area contributed by atoms with Gasteiger partial charge >= 0.3 is 5.97 Å². The van der Waals surface area contributed by atoms with E-state index in [9.17, 15) is 9.59 Å². The molecular weight excluding hydrogens is 270 g/mol. The maximum Gasteiger partial charge on any atom is 0.337 e. The molecule has 4 N–H and O–H groups in total. The smallest absolute Gasteiger partial charge is 0.337 e. The number of benzene rings is 2. The number of anilines is 4. The molecule has 1 amide bonds. The number of amides is 1. The highest BCUT2D eigenvalue weighted by molar-refractivity contribution is 6.04. The number of nitrogens with two attached hydrogens (primary N) is 1. The molecule has 21 heavy (non-hydrogen) atoms. The fourth-order valence-corrected chi connectivity index (χ4v) is 2.36. The summed E-state index contributed by atoms with van der Waals surface area (Å²) in [5.74, 6) is -1.24. The van der Waals surface area contributed by atoms with E-state index in [1.807, 2.05) is 18.2 Å². The number of hydrogen-bond donors (Lipinski definition) is 3. The highest BCUT2D eigenvalue weighted by Crippen LogP contribution is 2.35. The largest absolute Gasteiger partial charge is 0.478 e. The number of nitrogens with one attached hydrogen (secondary N) is 1. The van der Waals surface area contributed by atoms with Crippen molar-refractivity contribution in [3.8, 4) is 0 Å². The number of fused-ring (bicyclic) bond motifs is 1. The van der Waals surface area contributed by atoms with Crippen LogP contribution in [0, 0.1) is 0 Å². The first-order chi connectivity index (χ1) is 10.1. The van der Waals surface area contributed by atoms with Crippen LogP contribution in [0.15, 0.2) is 42.5 Å². The predicted molar refractivity (Wildman–Crippen MR) is 79.9 cm³/mol. The van der Waals surface area contributed by atoms with E-state index in [1.54, 1.807) is 17.0 Å². The summed E-state index contributed by atoms with van der Waals surface area (Å²) in [7, 11) is 0. The highest BCUT2D eigenvalue weighted by Gasteiger charge is 2.23. The standard InChI is InChI=1S/C15H13N3O3/c16-11-6-5-9(7-10(11)15(20)21)18-8-14(19)17-12-3-1-2-4-13(12)18/h1-7H,8,16H2,(H,17,19)(H,20,21). The van der Waals surface area contributed by atoms with Gasteiger partial charge in [0.15, 0.2) is 0 Å². The van der Waals surface area contributed by atoms with E-state index in [0.29, 0.717) is 11.4 Å². The van der Waals surface area contributed by atoms with Crippen LogP contribution in [0.5, 0.6) is 0 Å². The monoisotopic (exact) mass is 283 g/mol. The zero-order chi connectivity index (χ0) is 15.0. The van der Waals surface area contributed by atoms with Crippen LogP contribution in [0.3, 0.4) is 0 Å². The van der Waals surface area contributed by atoms with Crippen molar-refractivity contribution in [2.45, 2.75) is 0 Å². The lowest BCUT2D eigenvalue weighted by molar-refractivity contribution is -0.115. The maximum atomic E-state index is 11.8. The molecule has 0 aliphatic carbocycles. The highest BCUT2D eigenvalue weighted by atomic mass is 16.4. The average Bonchev–Trinajstić information content (AvgIpc) is 2.46. The van der Waals surface area contributed by atoms with Gasteiger partial charge in [0, 0.05) is 11.4 Å². The molecule has 2 aromatic carbocycles. The molecule has 106 valence electrons. The molecule has 1 heterocycles. The SMILES string of the molecule is Nc1ccc(N2CC(=O)Nc3ccccc32)cc1C(=O)O. The molecule has 1 aliphatic heterocycles. The minimum absolute atomic E-state index is 0.0240. The molecule has 0 spiro atoms. The number of carboxylic acids is 1. The van der Waals surface area contributed by atoms with Crippen molar-refractivity contribution in [3.63, 3.8) is 0 Å². The number of carbonyl (C=O) groups excluding carboxylic acids is 1. The number of aromatic carboxylic acids is 1. The van der Waals surface area contributed by atoms with E-state index in [-0.39, 0.29) is 23.7 Å². The Morgan fingerprint density at radius 3 is 2.76 bits per heavy atom. The number of rotatable bonds is 2. The first-order valence-electron chi connectivity index (χ1n) is 6.35. The lowest BCUT2D eigenvalue weighted by atomic mass is 10.1. The molecule has 3 rings (SSSR count). The van der Waals surface area contributed by atoms with Crippen molar-refractivity contribution in [1.82, 2.24) is 0 Å². The fourth-order valence-electron chi connectivity index (χ4n) is 2.36. The van der Waals surface area contributed by atoms with Gasteiger partial charge in [-0.2, -0.15) is 0 Å². The molecule has 6 heteroatoms. The summed E-state index contributed by atoms with van der Waals surface area (Å²) in [6.45, 7) is 0.125. The van der Waals surface area contributed by atoms with Crippen LogP contribution >= 0.6 is 0 Å². The van der Waals surface area contributed by atoms with Crippen molar-refractivity contribution in [2.75, 3.05) is 22.5 Å². The van der Waals surface area contributed by atoms with Gasteiger partial charge < -0.3 is 21.1 Å². The van der Waals surface area contributed by atoms with Gasteiger partial charge in [0.25, 0.3) is 0 Å². The molecule has 0 saturated carbocycles. The number of para-hydroxylation sites is 2. The van der Waals surface area contributed by atoms with E-state index in [0.717, 1.165) is 5.69 Å². The van der Waals surface area contributed by atoms with Gasteiger partial charge in [-0.3, -0.25) is 4.79 Å². The number of carboxylic acid groups (broad SMARTS) is 1. The predicted octanol–water partition coefficient (Wildman–Crippen LogP) is 2.06. The van der Waals surface area contributed by atoms with E-state index in [1.165, 1.54) is 12.1 Å². The molecule has 0 atom stereocenters. The van der Waals surface area contributed by atoms with Crippen LogP contribution in [0.4, 0.5) is 22.7 Å². The zero-order valence-electron chi connectivity index (χ0n) is 11.0. The summed E-state index contributed by atoms with van der Waals surface area (Å²) in [4.78, 5) is 24.8. The minimum Gasteiger partial charge on any atom is -0.478 e. The number of hydrogen-bond acceptors (Lipinski definition) is 4. The van der Waals surface area contributed by atoms with Gasteiger partial charge in [-0.1, -0.05) is 12.1 Å². The second kappa shape index (κ2) is 4.82. The number of carbonyl (C=O) groups is 2. The Balaban J connectivity index is 2.11. The van der Waals surface area contributed by atoms with Gasteiger partial charge in [-0.15, -0.1) is 0 Å². The molecule has 0 radical (unpaired) electrons. The van der Waals surface area contributed by atoms with Crippen LogP contribution < -0.4 is 16.0 Å². The number of nitrogens with zero attached hydrogens (tertiary/aromatic N) is 1. The summed E-state index contributed by atoms with van der Waals surface area (Å²) in [5.41, 5.74) is 8.01. The van der Waals surface area contributed by atoms with Gasteiger partial charge in [-0.25, -0.2) is 4.79 Å². The van der Waals surface area contributed by atoms with Crippen molar-refractivity contribution in [3.05, 3.63) is 48.0 Å². The van der Waals surface area contributed by atoms with Gasteiger partial charge in [0.1, 0.15) is 6.54 Å². The first kappa shape index (κ1) is 13.0. The molecule has 0 bridgehead atoms. The topological polar surface area (TPSA) is 95.7 Å². The van der Waals surface area contributed by atoms with Crippen LogP contribution in [-0.2, 0) is 4.79 Å². The quantitative estimate of drug-likeness (QED) is 0.733. The van der Waals surface area contributed by atoms with Crippen LogP contribution in [-0.4, -0.2) is 23.5 Å². The van der Waals surface area contributed by atoms with Crippen molar-refractivity contribution in [1.29, 1.82) is 0 Å². The normalized spacial score (nSPS) is 13.5. The van der Waals surface area contributed by atoms with Crippen LogP contribution in [0.1, 0.15) is 10.4 Å². The zero-order valence-corrected chi connectivity index (χ0v) is 11.0. The minimum atomic E-state index is -1.09. The Kier molecular flexibility index (Phi) is 2.98. The maximum absolute atomic E-state index is 11.8. The Labute approximate surface area is 120 Å². The Morgan fingerprint density at radius 2 is 2.00 bits per heavy atom. The van der Waals surface area contributed by atoms with Crippen LogP contribution in [0.25, 0.3) is 0 Å². The van der Waals surface area contributed by atoms with Crippen molar-refractivity contribution >= 4 is 34.6 Å². The second-order valence-corrected chi connectivity index (χ2v) is 4.73. The van der Waals surface area contributed by atoms with Crippen LogP contribution in [0.2, 0.25) is 0 Å². The first-order valence-corrected chi connectivity index (χ1v) is 6.35.